The van der Waals surface area contributed by atoms with Crippen molar-refractivity contribution in [1.82, 2.24) is 5.43 Å². The number of hydrogen-bond acceptors (Lipinski definition) is 5. The van der Waals surface area contributed by atoms with Crippen molar-refractivity contribution in [3.05, 3.63) is 51.6 Å². The third kappa shape index (κ3) is 5.13. The molecule has 0 saturated heterocycles. The Morgan fingerprint density at radius 2 is 2.09 bits per heavy atom. The Labute approximate surface area is 147 Å². The summed E-state index contributed by atoms with van der Waals surface area (Å²) in [5.41, 5.74) is 4.01. The maximum atomic E-state index is 11.7. The number of hydrazone groups is 1. The van der Waals surface area contributed by atoms with Crippen molar-refractivity contribution in [2.45, 2.75) is 0 Å². The second-order valence-electron chi connectivity index (χ2n) is 4.57. The predicted molar refractivity (Wildman–Crippen MR) is 98.0 cm³/mol. The fourth-order valence-corrected chi connectivity index (χ4v) is 2.41. The van der Waals surface area contributed by atoms with Gasteiger partial charge >= 0.3 is 0 Å². The van der Waals surface area contributed by atoms with Crippen molar-refractivity contribution < 1.29 is 14.6 Å². The number of amides is 1. The number of aromatic hydroxyl groups is 1. The summed E-state index contributed by atoms with van der Waals surface area (Å²) in [5, 5.41) is 16.6. The highest BCUT2D eigenvalue weighted by Crippen LogP contribution is 2.31. The van der Waals surface area contributed by atoms with Gasteiger partial charge < -0.3 is 15.2 Å². The monoisotopic (exact) mass is 425 g/mol. The summed E-state index contributed by atoms with van der Waals surface area (Å²) in [6.07, 6.45) is 1.49. The lowest BCUT2D eigenvalue weighted by atomic mass is 10.2. The number of halogens is 1. The summed E-state index contributed by atoms with van der Waals surface area (Å²) in [6, 6.07) is 12.8. The molecule has 6 nitrogen and oxygen atoms in total. The molecule has 1 amide bonds. The van der Waals surface area contributed by atoms with Gasteiger partial charge in [0.1, 0.15) is 0 Å². The fourth-order valence-electron chi connectivity index (χ4n) is 1.78. The molecule has 0 fully saturated rings. The summed E-state index contributed by atoms with van der Waals surface area (Å²) < 4.78 is 5.71. The number of methoxy groups -OCH3 is 1. The van der Waals surface area contributed by atoms with E-state index in [0.717, 1.165) is 5.69 Å². The van der Waals surface area contributed by atoms with E-state index in [2.05, 4.69) is 15.8 Å². The van der Waals surface area contributed by atoms with E-state index in [1.807, 2.05) is 52.9 Å². The van der Waals surface area contributed by atoms with Gasteiger partial charge in [0.05, 0.1) is 23.4 Å². The Kier molecular flexibility index (Phi) is 6.21. The Bertz CT molecular complexity index is 705. The van der Waals surface area contributed by atoms with E-state index in [-0.39, 0.29) is 18.2 Å². The number of phenols is 1. The number of hydrogen-bond donors (Lipinski definition) is 3. The molecule has 2 rings (SSSR count). The maximum absolute atomic E-state index is 11.7. The van der Waals surface area contributed by atoms with Crippen LogP contribution in [-0.2, 0) is 4.79 Å². The van der Waals surface area contributed by atoms with Crippen LogP contribution >= 0.6 is 22.6 Å². The SMILES string of the molecule is COc1cc(/C=N\NC(=O)CNc2ccccc2)cc(I)c1O. The minimum absolute atomic E-state index is 0.0846. The molecule has 0 heterocycles. The van der Waals surface area contributed by atoms with Crippen molar-refractivity contribution in [1.29, 1.82) is 0 Å². The second kappa shape index (κ2) is 8.37. The maximum Gasteiger partial charge on any atom is 0.259 e. The number of rotatable bonds is 6. The predicted octanol–water partition coefficient (Wildman–Crippen LogP) is 2.57. The lowest BCUT2D eigenvalue weighted by Gasteiger charge is -2.06. The lowest BCUT2D eigenvalue weighted by molar-refractivity contribution is -0.119. The van der Waals surface area contributed by atoms with E-state index in [0.29, 0.717) is 14.9 Å². The largest absolute Gasteiger partial charge is 0.504 e. The van der Waals surface area contributed by atoms with Gasteiger partial charge in [0.15, 0.2) is 11.5 Å². The Balaban J connectivity index is 1.89. The number of nitrogens with zero attached hydrogens (tertiary/aromatic N) is 1. The highest BCUT2D eigenvalue weighted by molar-refractivity contribution is 14.1. The van der Waals surface area contributed by atoms with Gasteiger partial charge in [-0.3, -0.25) is 4.79 Å². The molecule has 0 aliphatic rings. The summed E-state index contributed by atoms with van der Waals surface area (Å²) in [5.74, 6) is 0.183. The van der Waals surface area contributed by atoms with Gasteiger partial charge in [-0.1, -0.05) is 18.2 Å². The molecular weight excluding hydrogens is 409 g/mol. The van der Waals surface area contributed by atoms with Gasteiger partial charge in [0.25, 0.3) is 5.91 Å². The van der Waals surface area contributed by atoms with Crippen molar-refractivity contribution >= 4 is 40.4 Å². The number of nitrogens with one attached hydrogen (secondary N) is 2. The zero-order chi connectivity index (χ0) is 16.7. The van der Waals surface area contributed by atoms with Gasteiger partial charge in [-0.05, 0) is 52.4 Å². The molecule has 0 spiro atoms. The molecule has 120 valence electrons. The van der Waals surface area contributed by atoms with E-state index in [4.69, 9.17) is 4.74 Å². The number of para-hydroxylation sites is 1. The standard InChI is InChI=1S/C16H16IN3O3/c1-23-14-8-11(7-13(17)16(14)22)9-19-20-15(21)10-18-12-5-3-2-4-6-12/h2-9,18,22H,10H2,1H3,(H,20,21)/b19-9-. The van der Waals surface area contributed by atoms with Crippen molar-refractivity contribution in [3.8, 4) is 11.5 Å². The van der Waals surface area contributed by atoms with E-state index in [9.17, 15) is 9.90 Å². The van der Waals surface area contributed by atoms with E-state index < -0.39 is 0 Å². The molecule has 2 aromatic rings. The number of carbonyl (C=O) groups is 1. The first-order chi connectivity index (χ1) is 11.1. The van der Waals surface area contributed by atoms with Crippen LogP contribution < -0.4 is 15.5 Å². The summed E-state index contributed by atoms with van der Waals surface area (Å²) in [4.78, 5) is 11.7. The van der Waals surface area contributed by atoms with Crippen molar-refractivity contribution in [3.63, 3.8) is 0 Å². The van der Waals surface area contributed by atoms with Crippen LogP contribution in [0.2, 0.25) is 0 Å². The third-order valence-electron chi connectivity index (χ3n) is 2.90. The molecule has 0 aliphatic carbocycles. The quantitative estimate of drug-likeness (QED) is 0.378. The molecule has 0 bridgehead atoms. The average molecular weight is 425 g/mol. The number of phenolic OH excluding ortho intramolecular Hbond substituents is 1. The topological polar surface area (TPSA) is 83.0 Å². The molecule has 7 heteroatoms. The summed E-state index contributed by atoms with van der Waals surface area (Å²) in [6.45, 7) is 0.123. The first kappa shape index (κ1) is 17.1. The first-order valence-corrected chi connectivity index (χ1v) is 7.85. The zero-order valence-electron chi connectivity index (χ0n) is 12.4. The van der Waals surface area contributed by atoms with Crippen LogP contribution in [0.3, 0.4) is 0 Å². The lowest BCUT2D eigenvalue weighted by Crippen LogP contribution is -2.25. The zero-order valence-corrected chi connectivity index (χ0v) is 14.6. The molecule has 2 aromatic carbocycles. The van der Waals surface area contributed by atoms with Gasteiger partial charge in [0, 0.05) is 5.69 Å². The van der Waals surface area contributed by atoms with Crippen LogP contribution in [0.4, 0.5) is 5.69 Å². The van der Waals surface area contributed by atoms with E-state index in [1.54, 1.807) is 12.1 Å². The van der Waals surface area contributed by atoms with E-state index in [1.165, 1.54) is 13.3 Å². The fraction of sp³-hybridized carbons (Fsp3) is 0.125. The van der Waals surface area contributed by atoms with Gasteiger partial charge in [-0.2, -0.15) is 5.10 Å². The van der Waals surface area contributed by atoms with Crippen LogP contribution in [0.25, 0.3) is 0 Å². The number of anilines is 1. The molecule has 0 aliphatic heterocycles. The average Bonchev–Trinajstić information content (AvgIpc) is 2.57. The highest BCUT2D eigenvalue weighted by atomic mass is 127. The molecule has 0 radical (unpaired) electrons. The summed E-state index contributed by atoms with van der Waals surface area (Å²) >= 11 is 1.99. The molecule has 0 aromatic heterocycles. The van der Waals surface area contributed by atoms with Crippen LogP contribution in [0, 0.1) is 3.57 Å². The first-order valence-electron chi connectivity index (χ1n) is 6.77. The van der Waals surface area contributed by atoms with Crippen LogP contribution in [0.5, 0.6) is 11.5 Å². The summed E-state index contributed by atoms with van der Waals surface area (Å²) in [7, 11) is 1.48. The van der Waals surface area contributed by atoms with Crippen LogP contribution in [0.1, 0.15) is 5.56 Å². The Morgan fingerprint density at radius 3 is 2.78 bits per heavy atom. The molecule has 0 unspecified atom stereocenters. The molecule has 0 saturated carbocycles. The van der Waals surface area contributed by atoms with Gasteiger partial charge in [-0.15, -0.1) is 0 Å². The van der Waals surface area contributed by atoms with Crippen LogP contribution in [0.15, 0.2) is 47.6 Å². The Morgan fingerprint density at radius 1 is 1.35 bits per heavy atom. The highest BCUT2D eigenvalue weighted by Gasteiger charge is 2.07. The third-order valence-corrected chi connectivity index (χ3v) is 3.72. The van der Waals surface area contributed by atoms with Crippen LogP contribution in [-0.4, -0.2) is 30.9 Å². The number of carbonyl (C=O) groups excluding carboxylic acids is 1. The molecule has 0 atom stereocenters. The van der Waals surface area contributed by atoms with E-state index >= 15 is 0 Å². The van der Waals surface area contributed by atoms with Gasteiger partial charge in [0.2, 0.25) is 0 Å². The Hall–Kier alpha value is -2.29. The minimum Gasteiger partial charge on any atom is -0.504 e. The normalized spacial score (nSPS) is 10.5. The van der Waals surface area contributed by atoms with Gasteiger partial charge in [-0.25, -0.2) is 5.43 Å². The smallest absolute Gasteiger partial charge is 0.259 e. The molecular formula is C16H16IN3O3. The number of benzene rings is 2. The minimum atomic E-state index is -0.259. The van der Waals surface area contributed by atoms with Crippen molar-refractivity contribution in [2.75, 3.05) is 19.0 Å². The number of ether oxygens (including phenoxy) is 1. The molecule has 3 N–H and O–H groups in total. The molecule has 23 heavy (non-hydrogen) atoms. The van der Waals surface area contributed by atoms with Crippen molar-refractivity contribution in [2.24, 2.45) is 5.10 Å². The second-order valence-corrected chi connectivity index (χ2v) is 5.73.